The molecule has 21 heavy (non-hydrogen) atoms. The van der Waals surface area contributed by atoms with E-state index in [-0.39, 0.29) is 19.0 Å². The summed E-state index contributed by atoms with van der Waals surface area (Å²) in [6, 6.07) is 1.40. The predicted octanol–water partition coefficient (Wildman–Crippen LogP) is 1.99. The zero-order valence-electron chi connectivity index (χ0n) is 12.2. The van der Waals surface area contributed by atoms with Crippen LogP contribution in [0.3, 0.4) is 0 Å². The lowest BCUT2D eigenvalue weighted by atomic mass is 9.78. The molecule has 1 fully saturated rings. The van der Waals surface area contributed by atoms with Gasteiger partial charge in [0.2, 0.25) is 0 Å². The molecule has 116 valence electrons. The first kappa shape index (κ1) is 15.3. The average Bonchev–Trinajstić information content (AvgIpc) is 2.97. The maximum atomic E-state index is 12.3. The Morgan fingerprint density at radius 2 is 2.14 bits per heavy atom. The van der Waals surface area contributed by atoms with Crippen LogP contribution >= 0.6 is 0 Å². The number of carbonyl (C=O) groups excluding carboxylic acids is 1. The molecular weight excluding hydrogens is 274 g/mol. The fraction of sp³-hybridized carbons (Fsp3) is 0.643. The van der Waals surface area contributed by atoms with Gasteiger partial charge in [-0.1, -0.05) is 24.4 Å². The molecule has 1 heterocycles. The molecule has 0 aromatic carbocycles. The second-order valence-electron chi connectivity index (χ2n) is 5.56. The first-order chi connectivity index (χ1) is 10.0. The Hall–Kier alpha value is -2.05. The molecule has 1 saturated carbocycles. The summed E-state index contributed by atoms with van der Waals surface area (Å²) in [6.07, 6.45) is 5.89. The molecule has 2 rings (SSSR count). The zero-order valence-corrected chi connectivity index (χ0v) is 12.2. The Kier molecular flexibility index (Phi) is 4.82. The number of aliphatic carboxylic acids is 1. The molecule has 7 heteroatoms. The Bertz CT molecular complexity index is 480. The molecule has 7 nitrogen and oxygen atoms in total. The largest absolute Gasteiger partial charge is 0.481 e. The van der Waals surface area contributed by atoms with Crippen molar-refractivity contribution in [2.24, 2.45) is 0 Å². The Balaban J connectivity index is 2.00. The molecular formula is C14H21N3O4. The summed E-state index contributed by atoms with van der Waals surface area (Å²) in [7, 11) is 1.67. The molecule has 0 bridgehead atoms. The van der Waals surface area contributed by atoms with E-state index in [2.05, 4.69) is 10.5 Å². The van der Waals surface area contributed by atoms with Crippen LogP contribution in [0.4, 0.5) is 4.79 Å². The van der Waals surface area contributed by atoms with Gasteiger partial charge in [0.15, 0.2) is 0 Å². The van der Waals surface area contributed by atoms with E-state index < -0.39 is 11.5 Å². The van der Waals surface area contributed by atoms with E-state index in [1.54, 1.807) is 18.0 Å². The van der Waals surface area contributed by atoms with Crippen LogP contribution in [0.5, 0.6) is 0 Å². The molecule has 0 atom stereocenters. The number of rotatable bonds is 5. The normalized spacial score (nSPS) is 17.2. The topological polar surface area (TPSA) is 95.7 Å². The van der Waals surface area contributed by atoms with Gasteiger partial charge in [0.1, 0.15) is 12.0 Å². The number of hydrogen-bond donors (Lipinski definition) is 2. The van der Waals surface area contributed by atoms with Gasteiger partial charge in [-0.2, -0.15) is 0 Å². The van der Waals surface area contributed by atoms with Gasteiger partial charge in [-0.15, -0.1) is 0 Å². The number of carboxylic acids is 1. The van der Waals surface area contributed by atoms with Gasteiger partial charge in [-0.05, 0) is 12.8 Å². The average molecular weight is 295 g/mol. The highest BCUT2D eigenvalue weighted by molar-refractivity contribution is 5.76. The van der Waals surface area contributed by atoms with Gasteiger partial charge in [-0.3, -0.25) is 4.79 Å². The first-order valence-corrected chi connectivity index (χ1v) is 7.16. The summed E-state index contributed by atoms with van der Waals surface area (Å²) in [5, 5.41) is 15.6. The van der Waals surface area contributed by atoms with E-state index in [4.69, 9.17) is 9.63 Å². The molecule has 0 spiro atoms. The first-order valence-electron chi connectivity index (χ1n) is 7.16. The van der Waals surface area contributed by atoms with Crippen LogP contribution in [-0.4, -0.2) is 39.8 Å². The molecule has 0 saturated heterocycles. The number of amides is 2. The number of hydrogen-bond acceptors (Lipinski definition) is 4. The van der Waals surface area contributed by atoms with Gasteiger partial charge in [0.25, 0.3) is 0 Å². The number of nitrogens with one attached hydrogen (secondary N) is 1. The van der Waals surface area contributed by atoms with Crippen LogP contribution in [0.2, 0.25) is 0 Å². The van der Waals surface area contributed by atoms with E-state index in [0.29, 0.717) is 5.69 Å². The standard InChI is InChI=1S/C14H21N3O4/c1-17(13(20)15-10-11-5-8-21-16-11)14(9-12(18)19)6-3-2-4-7-14/h5,8H,2-4,6-7,9-10H2,1H3,(H,15,20)(H,18,19). The Morgan fingerprint density at radius 3 is 2.71 bits per heavy atom. The molecule has 0 unspecified atom stereocenters. The quantitative estimate of drug-likeness (QED) is 0.866. The highest BCUT2D eigenvalue weighted by atomic mass is 16.5. The summed E-state index contributed by atoms with van der Waals surface area (Å²) >= 11 is 0. The van der Waals surface area contributed by atoms with E-state index in [1.165, 1.54) is 6.26 Å². The van der Waals surface area contributed by atoms with Gasteiger partial charge in [0.05, 0.1) is 18.5 Å². The molecule has 2 N–H and O–H groups in total. The zero-order chi connectivity index (χ0) is 15.3. The summed E-state index contributed by atoms with van der Waals surface area (Å²) in [4.78, 5) is 25.0. The third-order valence-corrected chi connectivity index (χ3v) is 4.19. The maximum absolute atomic E-state index is 12.3. The number of carbonyl (C=O) groups is 2. The summed E-state index contributed by atoms with van der Waals surface area (Å²) in [6.45, 7) is 0.267. The fourth-order valence-corrected chi connectivity index (χ4v) is 2.95. The fourth-order valence-electron chi connectivity index (χ4n) is 2.95. The monoisotopic (exact) mass is 295 g/mol. The van der Waals surface area contributed by atoms with Crippen molar-refractivity contribution in [1.29, 1.82) is 0 Å². The molecule has 1 aromatic rings. The highest BCUT2D eigenvalue weighted by Gasteiger charge is 2.40. The number of nitrogens with zero attached hydrogens (tertiary/aromatic N) is 2. The molecule has 1 aromatic heterocycles. The second kappa shape index (κ2) is 6.60. The van der Waals surface area contributed by atoms with Crippen LogP contribution in [-0.2, 0) is 11.3 Å². The van der Waals surface area contributed by atoms with E-state index >= 15 is 0 Å². The smallest absolute Gasteiger partial charge is 0.317 e. The summed E-state index contributed by atoms with van der Waals surface area (Å²) in [5.74, 6) is -0.868. The third-order valence-electron chi connectivity index (χ3n) is 4.19. The van der Waals surface area contributed by atoms with Crippen molar-refractivity contribution in [2.75, 3.05) is 7.05 Å². The van der Waals surface area contributed by atoms with Crippen molar-refractivity contribution in [3.63, 3.8) is 0 Å². The molecule has 0 radical (unpaired) electrons. The lowest BCUT2D eigenvalue weighted by Gasteiger charge is -2.43. The van der Waals surface area contributed by atoms with Crippen LogP contribution in [0.1, 0.15) is 44.2 Å². The van der Waals surface area contributed by atoms with Crippen LogP contribution in [0.15, 0.2) is 16.9 Å². The van der Waals surface area contributed by atoms with Crippen molar-refractivity contribution in [1.82, 2.24) is 15.4 Å². The van der Waals surface area contributed by atoms with Gasteiger partial charge >= 0.3 is 12.0 Å². The Labute approximate surface area is 123 Å². The third kappa shape index (κ3) is 3.74. The summed E-state index contributed by atoms with van der Waals surface area (Å²) in [5.41, 5.74) is 0.0468. The van der Waals surface area contributed by atoms with Gasteiger partial charge in [0, 0.05) is 13.1 Å². The van der Waals surface area contributed by atoms with E-state index in [9.17, 15) is 9.59 Å². The number of aromatic nitrogens is 1. The second-order valence-corrected chi connectivity index (χ2v) is 5.56. The predicted molar refractivity (Wildman–Crippen MR) is 74.6 cm³/mol. The van der Waals surface area contributed by atoms with Gasteiger partial charge in [-0.25, -0.2) is 4.79 Å². The summed E-state index contributed by atoms with van der Waals surface area (Å²) < 4.78 is 4.70. The molecule has 2 amide bonds. The maximum Gasteiger partial charge on any atom is 0.317 e. The van der Waals surface area contributed by atoms with E-state index in [0.717, 1.165) is 32.1 Å². The number of carboxylic acid groups (broad SMARTS) is 1. The van der Waals surface area contributed by atoms with Gasteiger partial charge < -0.3 is 19.8 Å². The Morgan fingerprint density at radius 1 is 1.43 bits per heavy atom. The van der Waals surface area contributed by atoms with Crippen molar-refractivity contribution >= 4 is 12.0 Å². The molecule has 1 aliphatic carbocycles. The van der Waals surface area contributed by atoms with Crippen LogP contribution in [0.25, 0.3) is 0 Å². The minimum absolute atomic E-state index is 0.0130. The van der Waals surface area contributed by atoms with Crippen LogP contribution in [0, 0.1) is 0 Å². The van der Waals surface area contributed by atoms with E-state index in [1.807, 2.05) is 0 Å². The van der Waals surface area contributed by atoms with Crippen molar-refractivity contribution < 1.29 is 19.2 Å². The van der Waals surface area contributed by atoms with Crippen LogP contribution < -0.4 is 5.32 Å². The minimum atomic E-state index is -0.868. The van der Waals surface area contributed by atoms with Crippen molar-refractivity contribution in [2.45, 2.75) is 50.6 Å². The SMILES string of the molecule is CN(C(=O)NCc1ccon1)C1(CC(=O)O)CCCCC1. The van der Waals surface area contributed by atoms with Crippen molar-refractivity contribution in [3.8, 4) is 0 Å². The lowest BCUT2D eigenvalue weighted by Crippen LogP contribution is -2.54. The van der Waals surface area contributed by atoms with Crippen molar-refractivity contribution in [3.05, 3.63) is 18.0 Å². The molecule has 0 aliphatic heterocycles. The number of urea groups is 1. The highest BCUT2D eigenvalue weighted by Crippen LogP contribution is 2.35. The minimum Gasteiger partial charge on any atom is -0.481 e. The lowest BCUT2D eigenvalue weighted by molar-refractivity contribution is -0.140. The molecule has 1 aliphatic rings.